The molecule has 1 aliphatic heterocycles. The number of hydrogen-bond donors (Lipinski definition) is 2. The summed E-state index contributed by atoms with van der Waals surface area (Å²) in [6.45, 7) is 1.29. The number of hydrogen-bond acceptors (Lipinski definition) is 2. The molecule has 1 aliphatic carbocycles. The van der Waals surface area contributed by atoms with Gasteiger partial charge in [-0.25, -0.2) is 0 Å². The lowest BCUT2D eigenvalue weighted by atomic mass is 9.81. The van der Waals surface area contributed by atoms with Crippen LogP contribution < -0.4 is 15.4 Å². The zero-order valence-corrected chi connectivity index (χ0v) is 17.7. The van der Waals surface area contributed by atoms with Crippen LogP contribution in [0.1, 0.15) is 43.7 Å². The molecule has 0 aromatic heterocycles. The molecule has 0 radical (unpaired) electrons. The Kier molecular flexibility index (Phi) is 8.05. The lowest BCUT2D eigenvalue weighted by Gasteiger charge is -2.31. The average molecular weight is 497 g/mol. The van der Waals surface area contributed by atoms with E-state index in [-0.39, 0.29) is 48.8 Å². The Bertz CT molecular complexity index is 631. The van der Waals surface area contributed by atoms with Gasteiger partial charge in [0.25, 0.3) is 0 Å². The monoisotopic (exact) mass is 497 g/mol. The third-order valence-electron chi connectivity index (χ3n) is 5.36. The van der Waals surface area contributed by atoms with Gasteiger partial charge in [-0.15, -0.1) is 24.0 Å². The van der Waals surface area contributed by atoms with E-state index < -0.39 is 12.1 Å². The highest BCUT2D eigenvalue weighted by Gasteiger charge is 2.41. The Balaban J connectivity index is 0.00000261. The second-order valence-corrected chi connectivity index (χ2v) is 7.08. The Morgan fingerprint density at radius 1 is 1.15 bits per heavy atom. The zero-order valence-electron chi connectivity index (χ0n) is 15.4. The van der Waals surface area contributed by atoms with Crippen LogP contribution in [0.3, 0.4) is 0 Å². The quantitative estimate of drug-likeness (QED) is 0.363. The minimum Gasteiger partial charge on any atom is -0.493 e. The molecule has 2 aliphatic rings. The molecule has 0 spiro atoms. The van der Waals surface area contributed by atoms with Gasteiger partial charge >= 0.3 is 6.18 Å². The van der Waals surface area contributed by atoms with Crippen molar-refractivity contribution < 1.29 is 17.9 Å². The number of benzene rings is 1. The fourth-order valence-electron chi connectivity index (χ4n) is 3.79. The van der Waals surface area contributed by atoms with Crippen LogP contribution in [0.4, 0.5) is 13.2 Å². The average Bonchev–Trinajstić information content (AvgIpc) is 2.65. The molecular weight excluding hydrogens is 470 g/mol. The number of aliphatic imine (C=N–C) groups is 1. The summed E-state index contributed by atoms with van der Waals surface area (Å²) >= 11 is 0. The van der Waals surface area contributed by atoms with E-state index in [9.17, 15) is 13.2 Å². The van der Waals surface area contributed by atoms with Crippen molar-refractivity contribution in [3.63, 3.8) is 0 Å². The van der Waals surface area contributed by atoms with E-state index in [0.717, 1.165) is 17.7 Å². The number of alkyl halides is 3. The maximum atomic E-state index is 12.8. The molecule has 1 aromatic rings. The van der Waals surface area contributed by atoms with Crippen molar-refractivity contribution in [3.05, 3.63) is 29.8 Å². The first-order valence-corrected chi connectivity index (χ1v) is 9.23. The van der Waals surface area contributed by atoms with Gasteiger partial charge in [0.2, 0.25) is 0 Å². The number of para-hydroxylation sites is 1. The highest BCUT2D eigenvalue weighted by molar-refractivity contribution is 14.0. The zero-order chi connectivity index (χ0) is 18.6. The largest absolute Gasteiger partial charge is 0.493 e. The third kappa shape index (κ3) is 5.89. The Morgan fingerprint density at radius 3 is 2.52 bits per heavy atom. The molecule has 152 valence electrons. The highest BCUT2D eigenvalue weighted by Crippen LogP contribution is 2.39. The van der Waals surface area contributed by atoms with E-state index in [2.05, 4.69) is 15.6 Å². The summed E-state index contributed by atoms with van der Waals surface area (Å²) < 4.78 is 44.0. The number of ether oxygens (including phenoxy) is 1. The minimum atomic E-state index is -4.05. The van der Waals surface area contributed by atoms with Crippen LogP contribution in [0.2, 0.25) is 0 Å². The molecule has 0 amide bonds. The molecule has 4 nitrogen and oxygen atoms in total. The van der Waals surface area contributed by atoms with Gasteiger partial charge in [0.15, 0.2) is 5.96 Å². The molecule has 1 fully saturated rings. The number of halogens is 4. The summed E-state index contributed by atoms with van der Waals surface area (Å²) in [6, 6.07) is 8.05. The van der Waals surface area contributed by atoms with Crippen molar-refractivity contribution in [1.82, 2.24) is 10.6 Å². The van der Waals surface area contributed by atoms with E-state index in [1.807, 2.05) is 24.3 Å². The van der Waals surface area contributed by atoms with Crippen molar-refractivity contribution >= 4 is 29.9 Å². The van der Waals surface area contributed by atoms with Gasteiger partial charge in [-0.05, 0) is 37.7 Å². The summed E-state index contributed by atoms with van der Waals surface area (Å²) in [4.78, 5) is 4.27. The Labute approximate surface area is 175 Å². The fourth-order valence-corrected chi connectivity index (χ4v) is 3.79. The predicted molar refractivity (Wildman–Crippen MR) is 111 cm³/mol. The van der Waals surface area contributed by atoms with E-state index in [4.69, 9.17) is 4.74 Å². The van der Waals surface area contributed by atoms with E-state index in [1.165, 1.54) is 0 Å². The molecular formula is C19H27F3IN3O. The van der Waals surface area contributed by atoms with Gasteiger partial charge in [0.05, 0.1) is 18.6 Å². The summed E-state index contributed by atoms with van der Waals surface area (Å²) in [5.74, 6) is 0.700. The normalized spacial score (nSPS) is 25.6. The molecule has 1 saturated carbocycles. The molecule has 1 aromatic carbocycles. The van der Waals surface area contributed by atoms with Gasteiger partial charge in [-0.1, -0.05) is 18.2 Å². The van der Waals surface area contributed by atoms with Crippen LogP contribution in [0.15, 0.2) is 29.3 Å². The van der Waals surface area contributed by atoms with Crippen LogP contribution in [-0.4, -0.2) is 32.3 Å². The molecule has 3 rings (SSSR count). The van der Waals surface area contributed by atoms with Crippen LogP contribution in [-0.2, 0) is 0 Å². The first kappa shape index (κ1) is 22.1. The summed E-state index contributed by atoms with van der Waals surface area (Å²) in [6.07, 6.45) is -1.53. The Hall–Kier alpha value is -1.19. The first-order valence-electron chi connectivity index (χ1n) is 9.23. The SMILES string of the molecule is CN=C(NCC1CCC(C(F)(F)F)CC1)NC1CCOc2ccccc21.I. The van der Waals surface area contributed by atoms with E-state index >= 15 is 0 Å². The smallest absolute Gasteiger partial charge is 0.391 e. The summed E-state index contributed by atoms with van der Waals surface area (Å²) in [5, 5.41) is 6.70. The second-order valence-electron chi connectivity index (χ2n) is 7.08. The third-order valence-corrected chi connectivity index (χ3v) is 5.36. The topological polar surface area (TPSA) is 45.7 Å². The molecule has 0 saturated heterocycles. The van der Waals surface area contributed by atoms with Crippen molar-refractivity contribution in [2.75, 3.05) is 20.2 Å². The van der Waals surface area contributed by atoms with Crippen LogP contribution in [0, 0.1) is 11.8 Å². The lowest BCUT2D eigenvalue weighted by Crippen LogP contribution is -2.43. The Morgan fingerprint density at radius 2 is 1.85 bits per heavy atom. The maximum absolute atomic E-state index is 12.8. The van der Waals surface area contributed by atoms with Crippen molar-refractivity contribution in [1.29, 1.82) is 0 Å². The molecule has 1 unspecified atom stereocenters. The van der Waals surface area contributed by atoms with E-state index in [0.29, 0.717) is 32.0 Å². The van der Waals surface area contributed by atoms with Crippen molar-refractivity contribution in [2.24, 2.45) is 16.8 Å². The second kappa shape index (κ2) is 9.84. The number of fused-ring (bicyclic) bond motifs is 1. The molecule has 27 heavy (non-hydrogen) atoms. The van der Waals surface area contributed by atoms with Crippen molar-refractivity contribution in [2.45, 2.75) is 44.3 Å². The van der Waals surface area contributed by atoms with Crippen LogP contribution in [0.25, 0.3) is 0 Å². The standard InChI is InChI=1S/C19H26F3N3O.HI/c1-23-18(24-12-13-6-8-14(9-7-13)19(20,21)22)25-16-10-11-26-17-5-3-2-4-15(16)17;/h2-5,13-14,16H,6-12H2,1H3,(H2,23,24,25);1H. The van der Waals surface area contributed by atoms with Gasteiger partial charge in [0.1, 0.15) is 5.75 Å². The lowest BCUT2D eigenvalue weighted by molar-refractivity contribution is -0.183. The van der Waals surface area contributed by atoms with Gasteiger partial charge in [-0.2, -0.15) is 13.2 Å². The number of guanidine groups is 1. The van der Waals surface area contributed by atoms with Crippen molar-refractivity contribution in [3.8, 4) is 5.75 Å². The van der Waals surface area contributed by atoms with Gasteiger partial charge in [-0.3, -0.25) is 4.99 Å². The number of nitrogens with zero attached hydrogens (tertiary/aromatic N) is 1. The molecule has 0 bridgehead atoms. The number of rotatable bonds is 3. The van der Waals surface area contributed by atoms with Crippen LogP contribution >= 0.6 is 24.0 Å². The highest BCUT2D eigenvalue weighted by atomic mass is 127. The van der Waals surface area contributed by atoms with E-state index in [1.54, 1.807) is 7.05 Å². The maximum Gasteiger partial charge on any atom is 0.391 e. The number of nitrogens with one attached hydrogen (secondary N) is 2. The minimum absolute atomic E-state index is 0. The summed E-state index contributed by atoms with van der Waals surface area (Å²) in [5.41, 5.74) is 1.10. The van der Waals surface area contributed by atoms with Gasteiger partial charge < -0.3 is 15.4 Å². The fraction of sp³-hybridized carbons (Fsp3) is 0.632. The van der Waals surface area contributed by atoms with Gasteiger partial charge in [0, 0.05) is 25.6 Å². The van der Waals surface area contributed by atoms with Crippen LogP contribution in [0.5, 0.6) is 5.75 Å². The molecule has 8 heteroatoms. The predicted octanol–water partition coefficient (Wildman–Crippen LogP) is 4.66. The molecule has 2 N–H and O–H groups in total. The first-order chi connectivity index (χ1) is 12.5. The molecule has 1 atom stereocenters. The molecule has 1 heterocycles. The summed E-state index contributed by atoms with van der Waals surface area (Å²) in [7, 11) is 1.71.